The van der Waals surface area contributed by atoms with Crippen LogP contribution in [0.25, 0.3) is 10.9 Å². The number of amides is 1. The van der Waals surface area contributed by atoms with Crippen molar-refractivity contribution in [3.05, 3.63) is 46.2 Å². The molecule has 0 atom stereocenters. The number of fused-ring (bicyclic) bond motifs is 1. The number of aromatic amines is 1. The van der Waals surface area contributed by atoms with Gasteiger partial charge in [0, 0.05) is 17.6 Å². The standard InChI is InChI=1S/C14H17N3O2.ClH/c1-14(2,15)8-16-12(18)10-7-9-5-3-4-6-11(9)17-13(10)19;/h3-7H,8,15H2,1-2H3,(H,16,18)(H,17,19);1H. The zero-order chi connectivity index (χ0) is 14.0. The molecule has 108 valence electrons. The minimum Gasteiger partial charge on any atom is -0.350 e. The Morgan fingerprint density at radius 2 is 2.00 bits per heavy atom. The highest BCUT2D eigenvalue weighted by Crippen LogP contribution is 2.10. The molecular weight excluding hydrogens is 278 g/mol. The molecule has 0 aliphatic rings. The number of aromatic nitrogens is 1. The van der Waals surface area contributed by atoms with E-state index in [1.54, 1.807) is 26.0 Å². The lowest BCUT2D eigenvalue weighted by atomic mass is 10.1. The zero-order valence-corrected chi connectivity index (χ0v) is 12.2. The van der Waals surface area contributed by atoms with Crippen molar-refractivity contribution in [3.8, 4) is 0 Å². The Bertz CT molecular complexity index is 674. The first-order valence-electron chi connectivity index (χ1n) is 6.06. The van der Waals surface area contributed by atoms with Crippen molar-refractivity contribution < 1.29 is 4.79 Å². The topological polar surface area (TPSA) is 88.0 Å². The summed E-state index contributed by atoms with van der Waals surface area (Å²) in [6.07, 6.45) is 0. The van der Waals surface area contributed by atoms with Gasteiger partial charge in [-0.1, -0.05) is 18.2 Å². The third kappa shape index (κ3) is 3.82. The summed E-state index contributed by atoms with van der Waals surface area (Å²) < 4.78 is 0. The summed E-state index contributed by atoms with van der Waals surface area (Å²) in [5.41, 5.74) is 5.69. The number of nitrogens with two attached hydrogens (primary N) is 1. The maximum Gasteiger partial charge on any atom is 0.261 e. The molecule has 1 aromatic carbocycles. The number of carbonyl (C=O) groups is 1. The van der Waals surface area contributed by atoms with Gasteiger partial charge in [0.25, 0.3) is 11.5 Å². The number of nitrogens with one attached hydrogen (secondary N) is 2. The Balaban J connectivity index is 0.00000200. The Labute approximate surface area is 123 Å². The number of rotatable bonds is 3. The molecule has 0 spiro atoms. The molecule has 0 saturated carbocycles. The molecule has 0 radical (unpaired) electrons. The number of hydrogen-bond donors (Lipinski definition) is 3. The van der Waals surface area contributed by atoms with E-state index in [-0.39, 0.29) is 18.0 Å². The van der Waals surface area contributed by atoms with E-state index in [4.69, 9.17) is 5.73 Å². The van der Waals surface area contributed by atoms with Gasteiger partial charge in [0.15, 0.2) is 0 Å². The molecule has 0 aliphatic carbocycles. The fraction of sp³-hybridized carbons (Fsp3) is 0.286. The molecule has 20 heavy (non-hydrogen) atoms. The highest BCUT2D eigenvalue weighted by atomic mass is 35.5. The maximum absolute atomic E-state index is 12.0. The summed E-state index contributed by atoms with van der Waals surface area (Å²) in [6, 6.07) is 8.91. The summed E-state index contributed by atoms with van der Waals surface area (Å²) in [7, 11) is 0. The van der Waals surface area contributed by atoms with E-state index in [2.05, 4.69) is 10.3 Å². The van der Waals surface area contributed by atoms with Gasteiger partial charge < -0.3 is 16.0 Å². The molecule has 1 heterocycles. The molecule has 0 saturated heterocycles. The van der Waals surface area contributed by atoms with Gasteiger partial charge in [0.2, 0.25) is 0 Å². The largest absolute Gasteiger partial charge is 0.350 e. The number of carbonyl (C=O) groups excluding carboxylic acids is 1. The summed E-state index contributed by atoms with van der Waals surface area (Å²) >= 11 is 0. The zero-order valence-electron chi connectivity index (χ0n) is 11.4. The predicted octanol–water partition coefficient (Wildman–Crippen LogP) is 1.42. The Morgan fingerprint density at radius 3 is 2.65 bits per heavy atom. The van der Waals surface area contributed by atoms with Gasteiger partial charge in [-0.25, -0.2) is 0 Å². The van der Waals surface area contributed by atoms with Gasteiger partial charge in [-0.2, -0.15) is 0 Å². The number of halogens is 1. The average molecular weight is 296 g/mol. The van der Waals surface area contributed by atoms with Crippen LogP contribution in [0.3, 0.4) is 0 Å². The van der Waals surface area contributed by atoms with Crippen molar-refractivity contribution in [2.75, 3.05) is 6.54 Å². The van der Waals surface area contributed by atoms with Gasteiger partial charge in [-0.05, 0) is 31.4 Å². The predicted molar refractivity (Wildman–Crippen MR) is 82.4 cm³/mol. The normalized spacial score (nSPS) is 10.9. The van der Waals surface area contributed by atoms with Crippen LogP contribution in [0.5, 0.6) is 0 Å². The number of H-pyrrole nitrogens is 1. The lowest BCUT2D eigenvalue weighted by molar-refractivity contribution is 0.0944. The van der Waals surface area contributed by atoms with Crippen LogP contribution >= 0.6 is 12.4 Å². The van der Waals surface area contributed by atoms with Gasteiger partial charge >= 0.3 is 0 Å². The fourth-order valence-electron chi connectivity index (χ4n) is 1.72. The van der Waals surface area contributed by atoms with Crippen LogP contribution in [0.2, 0.25) is 0 Å². The van der Waals surface area contributed by atoms with E-state index in [0.717, 1.165) is 5.39 Å². The third-order valence-electron chi connectivity index (χ3n) is 2.70. The monoisotopic (exact) mass is 295 g/mol. The maximum atomic E-state index is 12.0. The lowest BCUT2D eigenvalue weighted by Crippen LogP contribution is -2.45. The molecule has 1 aromatic heterocycles. The average Bonchev–Trinajstić information content (AvgIpc) is 2.34. The molecule has 0 unspecified atom stereocenters. The molecule has 4 N–H and O–H groups in total. The fourth-order valence-corrected chi connectivity index (χ4v) is 1.72. The first-order valence-corrected chi connectivity index (χ1v) is 6.06. The number of pyridine rings is 1. The van der Waals surface area contributed by atoms with Crippen LogP contribution in [0.15, 0.2) is 35.1 Å². The Morgan fingerprint density at radius 1 is 1.35 bits per heavy atom. The quantitative estimate of drug-likeness (QED) is 0.800. The molecule has 0 aliphatic heterocycles. The molecule has 5 nitrogen and oxygen atoms in total. The molecule has 6 heteroatoms. The molecule has 2 aromatic rings. The van der Waals surface area contributed by atoms with Gasteiger partial charge in [0.1, 0.15) is 5.56 Å². The van der Waals surface area contributed by atoms with Crippen molar-refractivity contribution in [2.24, 2.45) is 5.73 Å². The number of para-hydroxylation sites is 1. The molecule has 1 amide bonds. The van der Waals surface area contributed by atoms with E-state index < -0.39 is 17.0 Å². The molecule has 0 bridgehead atoms. The van der Waals surface area contributed by atoms with Gasteiger partial charge in [0.05, 0.1) is 0 Å². The van der Waals surface area contributed by atoms with E-state index in [0.29, 0.717) is 12.1 Å². The van der Waals surface area contributed by atoms with Crippen LogP contribution in [0.1, 0.15) is 24.2 Å². The van der Waals surface area contributed by atoms with Crippen LogP contribution in [0, 0.1) is 0 Å². The Kier molecular flexibility index (Phi) is 4.92. The minimum absolute atomic E-state index is 0. The van der Waals surface area contributed by atoms with Crippen molar-refractivity contribution in [3.63, 3.8) is 0 Å². The van der Waals surface area contributed by atoms with Crippen molar-refractivity contribution in [2.45, 2.75) is 19.4 Å². The lowest BCUT2D eigenvalue weighted by Gasteiger charge is -2.18. The van der Waals surface area contributed by atoms with Gasteiger partial charge in [-0.15, -0.1) is 12.4 Å². The second-order valence-electron chi connectivity index (χ2n) is 5.27. The first kappa shape index (κ1) is 16.2. The summed E-state index contributed by atoms with van der Waals surface area (Å²) in [5.74, 6) is -0.412. The van der Waals surface area contributed by atoms with E-state index in [1.165, 1.54) is 0 Å². The molecular formula is C14H18ClN3O2. The van der Waals surface area contributed by atoms with Gasteiger partial charge in [-0.3, -0.25) is 9.59 Å². The summed E-state index contributed by atoms with van der Waals surface area (Å²) in [4.78, 5) is 26.5. The first-order chi connectivity index (χ1) is 8.87. The van der Waals surface area contributed by atoms with Crippen LogP contribution < -0.4 is 16.6 Å². The van der Waals surface area contributed by atoms with Crippen LogP contribution in [-0.4, -0.2) is 23.0 Å². The summed E-state index contributed by atoms with van der Waals surface area (Å²) in [6.45, 7) is 3.91. The highest BCUT2D eigenvalue weighted by Gasteiger charge is 2.15. The smallest absolute Gasteiger partial charge is 0.261 e. The Hall–Kier alpha value is -1.85. The SMILES string of the molecule is CC(C)(N)CNC(=O)c1cc2ccccc2[nH]c1=O.Cl. The van der Waals surface area contributed by atoms with E-state index in [1.807, 2.05) is 18.2 Å². The van der Waals surface area contributed by atoms with Crippen molar-refractivity contribution >= 4 is 29.2 Å². The minimum atomic E-state index is -0.515. The highest BCUT2D eigenvalue weighted by molar-refractivity contribution is 5.97. The number of hydrogen-bond acceptors (Lipinski definition) is 3. The third-order valence-corrected chi connectivity index (χ3v) is 2.70. The molecule has 2 rings (SSSR count). The van der Waals surface area contributed by atoms with Crippen LogP contribution in [0.4, 0.5) is 0 Å². The molecule has 0 fully saturated rings. The van der Waals surface area contributed by atoms with E-state index in [9.17, 15) is 9.59 Å². The number of benzene rings is 1. The summed E-state index contributed by atoms with van der Waals surface area (Å²) in [5, 5.41) is 3.48. The van der Waals surface area contributed by atoms with E-state index >= 15 is 0 Å². The second kappa shape index (κ2) is 6.07. The van der Waals surface area contributed by atoms with Crippen molar-refractivity contribution in [1.82, 2.24) is 10.3 Å². The van der Waals surface area contributed by atoms with Crippen molar-refractivity contribution in [1.29, 1.82) is 0 Å². The van der Waals surface area contributed by atoms with Crippen LogP contribution in [-0.2, 0) is 0 Å². The second-order valence-corrected chi connectivity index (χ2v) is 5.27.